The molecule has 0 fully saturated rings. The molecule has 1 aliphatic heterocycles. The van der Waals surface area contributed by atoms with E-state index < -0.39 is 6.04 Å². The highest BCUT2D eigenvalue weighted by Crippen LogP contribution is 2.27. The van der Waals surface area contributed by atoms with Gasteiger partial charge in [-0.05, 0) is 59.7 Å². The van der Waals surface area contributed by atoms with Gasteiger partial charge in [0, 0.05) is 37.1 Å². The summed E-state index contributed by atoms with van der Waals surface area (Å²) in [5, 5.41) is 14.8. The number of benzene rings is 2. The van der Waals surface area contributed by atoms with Gasteiger partial charge in [0.15, 0.2) is 0 Å². The summed E-state index contributed by atoms with van der Waals surface area (Å²) in [4.78, 5) is 49.5. The van der Waals surface area contributed by atoms with Crippen molar-refractivity contribution in [3.63, 3.8) is 0 Å². The molecule has 0 aliphatic carbocycles. The molecule has 38 heavy (non-hydrogen) atoms. The molecule has 1 atom stereocenters. The normalized spacial score (nSPS) is 14.6. The number of carbonyl (C=O) groups excluding carboxylic acids is 3. The summed E-state index contributed by atoms with van der Waals surface area (Å²) in [5.74, 6) is -0.563. The van der Waals surface area contributed by atoms with Crippen LogP contribution in [-0.2, 0) is 17.8 Å². The van der Waals surface area contributed by atoms with Crippen molar-refractivity contribution in [2.24, 2.45) is 0 Å². The molecule has 2 N–H and O–H groups in total. The number of anilines is 2. The van der Waals surface area contributed by atoms with Crippen LogP contribution in [0.5, 0.6) is 0 Å². The van der Waals surface area contributed by atoms with Crippen LogP contribution < -0.4 is 10.6 Å². The summed E-state index contributed by atoms with van der Waals surface area (Å²) in [7, 11) is 0. The molecule has 0 radical (unpaired) electrons. The molecule has 3 heterocycles. The smallest absolute Gasteiger partial charge is 0.256 e. The number of hydrogen-bond acceptors (Lipinski definition) is 6. The Kier molecular flexibility index (Phi) is 6.87. The Balaban J connectivity index is 1.43. The summed E-state index contributed by atoms with van der Waals surface area (Å²) >= 11 is 0. The predicted octanol–water partition coefficient (Wildman–Crippen LogP) is 3.81. The van der Waals surface area contributed by atoms with E-state index in [9.17, 15) is 19.6 Å². The van der Waals surface area contributed by atoms with Crippen LogP contribution in [0.1, 0.15) is 37.4 Å². The first-order valence-electron chi connectivity index (χ1n) is 11.9. The average molecular weight is 503 g/mol. The lowest BCUT2D eigenvalue weighted by Gasteiger charge is -2.29. The monoisotopic (exact) mass is 502 g/mol. The van der Waals surface area contributed by atoms with E-state index in [1.54, 1.807) is 79.3 Å². The SMILES string of the molecule is N#Cc1ccc2c(c1)NC(=O)[C@@H](Cc1cccnc1)N(Cc1ccc(C(=O)Nc3ccccn3)cc1)C2=O. The van der Waals surface area contributed by atoms with E-state index in [0.717, 1.165) is 11.1 Å². The van der Waals surface area contributed by atoms with Crippen LogP contribution in [0, 0.1) is 11.3 Å². The van der Waals surface area contributed by atoms with Gasteiger partial charge in [-0.3, -0.25) is 19.4 Å². The molecule has 1 aliphatic rings. The first-order chi connectivity index (χ1) is 18.5. The van der Waals surface area contributed by atoms with Crippen LogP contribution >= 0.6 is 0 Å². The fourth-order valence-corrected chi connectivity index (χ4v) is 4.27. The number of hydrogen-bond donors (Lipinski definition) is 2. The number of nitriles is 1. The fraction of sp³-hybridized carbons (Fsp3) is 0.103. The van der Waals surface area contributed by atoms with Gasteiger partial charge in [-0.2, -0.15) is 5.26 Å². The summed E-state index contributed by atoms with van der Waals surface area (Å²) in [6.07, 6.45) is 5.16. The fourth-order valence-electron chi connectivity index (χ4n) is 4.27. The van der Waals surface area contributed by atoms with Gasteiger partial charge in [0.25, 0.3) is 11.8 Å². The molecule has 0 saturated heterocycles. The van der Waals surface area contributed by atoms with Gasteiger partial charge in [-0.15, -0.1) is 0 Å². The van der Waals surface area contributed by atoms with Gasteiger partial charge in [0.2, 0.25) is 5.91 Å². The molecular formula is C29H22N6O3. The Labute approximate surface area is 218 Å². The lowest BCUT2D eigenvalue weighted by atomic mass is 10.0. The number of aromatic nitrogens is 2. The predicted molar refractivity (Wildman–Crippen MR) is 140 cm³/mol. The van der Waals surface area contributed by atoms with Crippen LogP contribution in [0.15, 0.2) is 91.4 Å². The molecule has 0 saturated carbocycles. The zero-order valence-corrected chi connectivity index (χ0v) is 20.2. The van der Waals surface area contributed by atoms with E-state index in [1.807, 2.05) is 12.1 Å². The van der Waals surface area contributed by atoms with E-state index in [0.29, 0.717) is 28.2 Å². The lowest BCUT2D eigenvalue weighted by molar-refractivity contribution is -0.120. The highest BCUT2D eigenvalue weighted by molar-refractivity contribution is 6.10. The molecule has 3 amide bonds. The van der Waals surface area contributed by atoms with Gasteiger partial charge >= 0.3 is 0 Å². The van der Waals surface area contributed by atoms with E-state index in [1.165, 1.54) is 11.0 Å². The van der Waals surface area contributed by atoms with Gasteiger partial charge in [0.1, 0.15) is 11.9 Å². The number of nitrogens with zero attached hydrogens (tertiary/aromatic N) is 4. The quantitative estimate of drug-likeness (QED) is 0.413. The largest absolute Gasteiger partial charge is 0.323 e. The van der Waals surface area contributed by atoms with E-state index in [4.69, 9.17) is 0 Å². The second kappa shape index (κ2) is 10.7. The van der Waals surface area contributed by atoms with Crippen LogP contribution in [0.4, 0.5) is 11.5 Å². The molecular weight excluding hydrogens is 480 g/mol. The zero-order chi connectivity index (χ0) is 26.5. The lowest BCUT2D eigenvalue weighted by Crippen LogP contribution is -2.46. The third-order valence-corrected chi connectivity index (χ3v) is 6.20. The average Bonchev–Trinajstić information content (AvgIpc) is 3.04. The molecule has 2 aromatic carbocycles. The van der Waals surface area contributed by atoms with Crippen LogP contribution in [0.2, 0.25) is 0 Å². The number of carbonyl (C=O) groups is 3. The second-order valence-electron chi connectivity index (χ2n) is 8.74. The van der Waals surface area contributed by atoms with Gasteiger partial charge < -0.3 is 15.5 Å². The van der Waals surface area contributed by atoms with Crippen molar-refractivity contribution in [3.05, 3.63) is 119 Å². The Morgan fingerprint density at radius 3 is 2.55 bits per heavy atom. The Morgan fingerprint density at radius 1 is 1.00 bits per heavy atom. The summed E-state index contributed by atoms with van der Waals surface area (Å²) in [5.41, 5.74) is 2.93. The number of nitrogens with one attached hydrogen (secondary N) is 2. The standard InChI is InChI=1S/C29H22N6O3/c30-16-20-8-11-23-24(14-20)33-28(37)25(15-21-4-3-12-31-17-21)35(29(23)38)18-19-6-9-22(10-7-19)27(36)34-26-5-1-2-13-32-26/h1-14,17,25H,15,18H2,(H,33,37)(H,32,34,36)/t25-/m1/s1. The van der Waals surface area contributed by atoms with Crippen molar-refractivity contribution < 1.29 is 14.4 Å². The molecule has 2 aromatic heterocycles. The highest BCUT2D eigenvalue weighted by Gasteiger charge is 2.35. The Morgan fingerprint density at radius 2 is 1.84 bits per heavy atom. The molecule has 9 nitrogen and oxygen atoms in total. The van der Waals surface area contributed by atoms with Crippen molar-refractivity contribution in [2.45, 2.75) is 19.0 Å². The van der Waals surface area contributed by atoms with Crippen molar-refractivity contribution in [3.8, 4) is 6.07 Å². The zero-order valence-electron chi connectivity index (χ0n) is 20.2. The number of rotatable bonds is 6. The second-order valence-corrected chi connectivity index (χ2v) is 8.74. The van der Waals surface area contributed by atoms with Gasteiger partial charge in [-0.1, -0.05) is 24.3 Å². The topological polar surface area (TPSA) is 128 Å². The molecule has 0 bridgehead atoms. The van der Waals surface area contributed by atoms with Gasteiger partial charge in [-0.25, -0.2) is 4.98 Å². The van der Waals surface area contributed by atoms with Crippen molar-refractivity contribution in [1.29, 1.82) is 5.26 Å². The van der Waals surface area contributed by atoms with Crippen LogP contribution in [-0.4, -0.2) is 38.6 Å². The van der Waals surface area contributed by atoms with Gasteiger partial charge in [0.05, 0.1) is 22.9 Å². The highest BCUT2D eigenvalue weighted by atomic mass is 16.2. The summed E-state index contributed by atoms with van der Waals surface area (Å²) in [6, 6.07) is 21.5. The molecule has 4 aromatic rings. The van der Waals surface area contributed by atoms with E-state index in [2.05, 4.69) is 20.6 Å². The number of amides is 3. The van der Waals surface area contributed by atoms with Crippen molar-refractivity contribution >= 4 is 29.2 Å². The summed E-state index contributed by atoms with van der Waals surface area (Å²) < 4.78 is 0. The van der Waals surface area contributed by atoms with Crippen LogP contribution in [0.3, 0.4) is 0 Å². The minimum Gasteiger partial charge on any atom is -0.323 e. The maximum absolute atomic E-state index is 13.7. The van der Waals surface area contributed by atoms with Crippen LogP contribution in [0.25, 0.3) is 0 Å². The third-order valence-electron chi connectivity index (χ3n) is 6.20. The molecule has 186 valence electrons. The summed E-state index contributed by atoms with van der Waals surface area (Å²) in [6.45, 7) is 0.138. The molecule has 0 unspecified atom stereocenters. The third kappa shape index (κ3) is 5.24. The minimum absolute atomic E-state index is 0.138. The Hall–Kier alpha value is -5.36. The van der Waals surface area contributed by atoms with Crippen molar-refractivity contribution in [1.82, 2.24) is 14.9 Å². The molecule has 5 rings (SSSR count). The Bertz CT molecular complexity index is 1530. The maximum Gasteiger partial charge on any atom is 0.256 e. The van der Waals surface area contributed by atoms with E-state index in [-0.39, 0.29) is 30.7 Å². The van der Waals surface area contributed by atoms with Crippen molar-refractivity contribution in [2.75, 3.05) is 10.6 Å². The molecule has 0 spiro atoms. The number of pyridine rings is 2. The first kappa shape index (κ1) is 24.3. The minimum atomic E-state index is -0.822. The number of fused-ring (bicyclic) bond motifs is 1. The molecule has 9 heteroatoms. The van der Waals surface area contributed by atoms with E-state index >= 15 is 0 Å². The maximum atomic E-state index is 13.7. The first-order valence-corrected chi connectivity index (χ1v) is 11.9.